The fraction of sp³-hybridized carbons (Fsp3) is 1.00. The summed E-state index contributed by atoms with van der Waals surface area (Å²) >= 11 is 0. The molecule has 0 bridgehead atoms. The van der Waals surface area contributed by atoms with Gasteiger partial charge in [-0.1, -0.05) is 33.1 Å². The van der Waals surface area contributed by atoms with E-state index in [0.29, 0.717) is 19.1 Å². The van der Waals surface area contributed by atoms with Crippen molar-refractivity contribution in [2.45, 2.75) is 70.5 Å². The van der Waals surface area contributed by atoms with Gasteiger partial charge in [-0.2, -0.15) is 0 Å². The lowest BCUT2D eigenvalue weighted by molar-refractivity contribution is -0.182. The molecule has 106 valence electrons. The van der Waals surface area contributed by atoms with Gasteiger partial charge < -0.3 is 15.6 Å². The summed E-state index contributed by atoms with van der Waals surface area (Å²) in [6.07, 6.45) is 7.61. The number of nitrogens with two attached hydrogens (primary N) is 1. The zero-order valence-electron chi connectivity index (χ0n) is 12.0. The molecule has 1 aliphatic heterocycles. The molecule has 2 aliphatic rings. The molecule has 1 aliphatic carbocycles. The van der Waals surface area contributed by atoms with Crippen LogP contribution in [0.4, 0.5) is 0 Å². The van der Waals surface area contributed by atoms with Crippen LogP contribution < -0.4 is 5.73 Å². The Morgan fingerprint density at radius 2 is 1.89 bits per heavy atom. The maximum absolute atomic E-state index is 11.2. The van der Waals surface area contributed by atoms with Gasteiger partial charge in [0.25, 0.3) is 0 Å². The fourth-order valence-corrected chi connectivity index (χ4v) is 3.87. The molecule has 1 saturated carbocycles. The van der Waals surface area contributed by atoms with Crippen molar-refractivity contribution in [2.24, 2.45) is 17.1 Å². The molecule has 2 rings (SSSR count). The van der Waals surface area contributed by atoms with Gasteiger partial charge in [0.05, 0.1) is 11.7 Å². The van der Waals surface area contributed by atoms with E-state index in [1.807, 2.05) is 0 Å². The topological polar surface area (TPSA) is 55.5 Å². The molecule has 0 amide bonds. The zero-order chi connectivity index (χ0) is 13.2. The Balaban J connectivity index is 2.16. The van der Waals surface area contributed by atoms with Gasteiger partial charge in [0.2, 0.25) is 0 Å². The predicted octanol–water partition coefficient (Wildman–Crippen LogP) is 2.46. The van der Waals surface area contributed by atoms with Crippen LogP contribution in [-0.4, -0.2) is 30.0 Å². The Labute approximate surface area is 111 Å². The minimum absolute atomic E-state index is 0.0534. The van der Waals surface area contributed by atoms with Crippen LogP contribution in [0.1, 0.15) is 58.8 Å². The number of ether oxygens (including phenoxy) is 1. The highest BCUT2D eigenvalue weighted by Crippen LogP contribution is 2.49. The van der Waals surface area contributed by atoms with Crippen LogP contribution in [0.15, 0.2) is 0 Å². The molecule has 3 heteroatoms. The fourth-order valence-electron chi connectivity index (χ4n) is 3.87. The van der Waals surface area contributed by atoms with Crippen molar-refractivity contribution in [3.63, 3.8) is 0 Å². The molecule has 2 unspecified atom stereocenters. The maximum atomic E-state index is 11.2. The van der Waals surface area contributed by atoms with Gasteiger partial charge in [-0.05, 0) is 18.8 Å². The summed E-state index contributed by atoms with van der Waals surface area (Å²) in [5, 5.41) is 11.2. The third-order valence-electron chi connectivity index (χ3n) is 5.32. The zero-order valence-corrected chi connectivity index (χ0v) is 12.0. The van der Waals surface area contributed by atoms with Crippen molar-refractivity contribution >= 4 is 0 Å². The summed E-state index contributed by atoms with van der Waals surface area (Å²) in [6.45, 7) is 5.65. The van der Waals surface area contributed by atoms with Gasteiger partial charge in [-0.3, -0.25) is 0 Å². The van der Waals surface area contributed by atoms with Gasteiger partial charge in [0.15, 0.2) is 0 Å². The van der Waals surface area contributed by atoms with Gasteiger partial charge >= 0.3 is 0 Å². The van der Waals surface area contributed by atoms with E-state index in [1.165, 1.54) is 19.3 Å². The lowest BCUT2D eigenvalue weighted by Crippen LogP contribution is -2.58. The van der Waals surface area contributed by atoms with Crippen LogP contribution in [-0.2, 0) is 4.74 Å². The first kappa shape index (κ1) is 14.3. The predicted molar refractivity (Wildman–Crippen MR) is 73.3 cm³/mol. The number of aliphatic hydroxyl groups is 1. The summed E-state index contributed by atoms with van der Waals surface area (Å²) in [5.41, 5.74) is 5.42. The Kier molecular flexibility index (Phi) is 4.35. The van der Waals surface area contributed by atoms with Crippen molar-refractivity contribution in [1.29, 1.82) is 0 Å². The monoisotopic (exact) mass is 255 g/mol. The number of rotatable bonds is 3. The van der Waals surface area contributed by atoms with Crippen molar-refractivity contribution in [2.75, 3.05) is 13.2 Å². The molecule has 0 aromatic heterocycles. The first-order valence-electron chi connectivity index (χ1n) is 7.57. The Hall–Kier alpha value is -0.120. The molecule has 2 fully saturated rings. The van der Waals surface area contributed by atoms with E-state index in [-0.39, 0.29) is 11.5 Å². The number of hydrogen-bond acceptors (Lipinski definition) is 3. The van der Waals surface area contributed by atoms with Crippen LogP contribution in [0.3, 0.4) is 0 Å². The summed E-state index contributed by atoms with van der Waals surface area (Å²) < 4.78 is 5.81. The standard InChI is InChI=1S/C15H29NO2/c1-12(2)13-10-15(17,8-9-18-13)14(11-16)6-4-3-5-7-14/h12-13,17H,3-11,16H2,1-2H3. The molecular formula is C15H29NO2. The minimum Gasteiger partial charge on any atom is -0.389 e. The van der Waals surface area contributed by atoms with Crippen molar-refractivity contribution in [3.05, 3.63) is 0 Å². The molecule has 3 nitrogen and oxygen atoms in total. The first-order chi connectivity index (χ1) is 8.53. The third kappa shape index (κ3) is 2.45. The van der Waals surface area contributed by atoms with Crippen molar-refractivity contribution < 1.29 is 9.84 Å². The highest BCUT2D eigenvalue weighted by atomic mass is 16.5. The van der Waals surface area contributed by atoms with Crippen LogP contribution >= 0.6 is 0 Å². The Morgan fingerprint density at radius 1 is 1.22 bits per heavy atom. The lowest BCUT2D eigenvalue weighted by Gasteiger charge is -2.53. The van der Waals surface area contributed by atoms with E-state index in [1.54, 1.807) is 0 Å². The average Bonchev–Trinajstić information content (AvgIpc) is 2.39. The van der Waals surface area contributed by atoms with E-state index >= 15 is 0 Å². The molecule has 0 radical (unpaired) electrons. The maximum Gasteiger partial charge on any atom is 0.0762 e. The quantitative estimate of drug-likeness (QED) is 0.814. The molecule has 2 atom stereocenters. The summed E-state index contributed by atoms with van der Waals surface area (Å²) in [4.78, 5) is 0. The van der Waals surface area contributed by atoms with Gasteiger partial charge in [0, 0.05) is 31.4 Å². The average molecular weight is 255 g/mol. The third-order valence-corrected chi connectivity index (χ3v) is 5.32. The molecule has 3 N–H and O–H groups in total. The van der Waals surface area contributed by atoms with Crippen LogP contribution in [0.5, 0.6) is 0 Å². The molecule has 1 heterocycles. The lowest BCUT2D eigenvalue weighted by atomic mass is 9.59. The molecule has 0 aromatic rings. The Morgan fingerprint density at radius 3 is 2.44 bits per heavy atom. The van der Waals surface area contributed by atoms with E-state index < -0.39 is 5.60 Å². The van der Waals surface area contributed by atoms with E-state index in [9.17, 15) is 5.11 Å². The molecule has 0 spiro atoms. The highest BCUT2D eigenvalue weighted by molar-refractivity contribution is 5.03. The SMILES string of the molecule is CC(C)C1CC(O)(C2(CN)CCCCC2)CCO1. The second-order valence-corrected chi connectivity index (χ2v) is 6.68. The van der Waals surface area contributed by atoms with Crippen molar-refractivity contribution in [3.8, 4) is 0 Å². The van der Waals surface area contributed by atoms with Crippen molar-refractivity contribution in [1.82, 2.24) is 0 Å². The minimum atomic E-state index is -0.602. The molecule has 18 heavy (non-hydrogen) atoms. The summed E-state index contributed by atoms with van der Waals surface area (Å²) in [5.74, 6) is 0.468. The second kappa shape index (κ2) is 5.48. The van der Waals surface area contributed by atoms with Gasteiger partial charge in [0.1, 0.15) is 0 Å². The van der Waals surface area contributed by atoms with Crippen LogP contribution in [0.2, 0.25) is 0 Å². The first-order valence-corrected chi connectivity index (χ1v) is 7.57. The van der Waals surface area contributed by atoms with E-state index in [0.717, 1.165) is 25.7 Å². The molecule has 1 saturated heterocycles. The van der Waals surface area contributed by atoms with Gasteiger partial charge in [-0.25, -0.2) is 0 Å². The number of hydrogen-bond donors (Lipinski definition) is 2. The summed E-state index contributed by atoms with van der Waals surface area (Å²) in [7, 11) is 0. The van der Waals surface area contributed by atoms with Crippen LogP contribution in [0.25, 0.3) is 0 Å². The molecule has 0 aromatic carbocycles. The highest BCUT2D eigenvalue weighted by Gasteiger charge is 2.52. The van der Waals surface area contributed by atoms with E-state index in [4.69, 9.17) is 10.5 Å². The van der Waals surface area contributed by atoms with E-state index in [2.05, 4.69) is 13.8 Å². The van der Waals surface area contributed by atoms with Gasteiger partial charge in [-0.15, -0.1) is 0 Å². The normalized spacial score (nSPS) is 36.8. The molecular weight excluding hydrogens is 226 g/mol. The Bertz CT molecular complexity index is 274. The second-order valence-electron chi connectivity index (χ2n) is 6.68. The summed E-state index contributed by atoms with van der Waals surface area (Å²) in [6, 6.07) is 0. The van der Waals surface area contributed by atoms with Crippen LogP contribution in [0, 0.1) is 11.3 Å². The smallest absolute Gasteiger partial charge is 0.0762 e. The largest absolute Gasteiger partial charge is 0.389 e.